The molecule has 1 aromatic carbocycles. The highest BCUT2D eigenvalue weighted by molar-refractivity contribution is 5.64. The lowest BCUT2D eigenvalue weighted by Gasteiger charge is -2.23. The first-order valence-corrected chi connectivity index (χ1v) is 8.30. The van der Waals surface area contributed by atoms with Crippen molar-refractivity contribution in [1.29, 1.82) is 0 Å². The van der Waals surface area contributed by atoms with Gasteiger partial charge >= 0.3 is 0 Å². The Morgan fingerprint density at radius 1 is 1.05 bits per heavy atom. The summed E-state index contributed by atoms with van der Waals surface area (Å²) in [6, 6.07) is 12.8. The average molecular weight is 296 g/mol. The molecule has 1 aliphatic rings. The molecule has 0 aliphatic heterocycles. The van der Waals surface area contributed by atoms with Crippen LogP contribution in [0.4, 0.5) is 11.8 Å². The van der Waals surface area contributed by atoms with Gasteiger partial charge in [0.2, 0.25) is 5.95 Å². The molecular weight excluding hydrogens is 272 g/mol. The number of hydrogen-bond donors (Lipinski definition) is 2. The zero-order valence-electron chi connectivity index (χ0n) is 13.2. The molecular formula is C18H24N4. The molecule has 22 heavy (non-hydrogen) atoms. The monoisotopic (exact) mass is 296 g/mol. The second kappa shape index (κ2) is 7.25. The van der Waals surface area contributed by atoms with Crippen LogP contribution in [0.1, 0.15) is 39.0 Å². The first-order valence-electron chi connectivity index (χ1n) is 8.30. The van der Waals surface area contributed by atoms with Crippen molar-refractivity contribution in [3.8, 4) is 11.3 Å². The van der Waals surface area contributed by atoms with E-state index in [1.807, 2.05) is 24.3 Å². The second-order valence-corrected chi connectivity index (χ2v) is 5.84. The minimum Gasteiger partial charge on any atom is -0.370 e. The van der Waals surface area contributed by atoms with Crippen molar-refractivity contribution in [1.82, 2.24) is 9.97 Å². The number of nitrogens with zero attached hydrogens (tertiary/aromatic N) is 2. The van der Waals surface area contributed by atoms with Gasteiger partial charge in [-0.05, 0) is 19.8 Å². The fourth-order valence-electron chi connectivity index (χ4n) is 2.97. The summed E-state index contributed by atoms with van der Waals surface area (Å²) in [7, 11) is 0. The maximum Gasteiger partial charge on any atom is 0.225 e. The summed E-state index contributed by atoms with van der Waals surface area (Å²) in [6.07, 6.45) is 6.39. The fourth-order valence-corrected chi connectivity index (χ4v) is 2.97. The Labute approximate surface area is 132 Å². The lowest BCUT2D eigenvalue weighted by molar-refractivity contribution is 0.461. The standard InChI is InChI=1S/C18H24N4/c1-2-19-17-13-16(14-9-5-3-6-10-14)21-18(22-17)20-15-11-7-4-8-12-15/h3,5-6,9-10,13,15H,2,4,7-8,11-12H2,1H3,(H2,19,20,21,22). The third-order valence-electron chi connectivity index (χ3n) is 4.09. The van der Waals surface area contributed by atoms with Crippen LogP contribution in [-0.2, 0) is 0 Å². The van der Waals surface area contributed by atoms with E-state index in [0.29, 0.717) is 6.04 Å². The van der Waals surface area contributed by atoms with Crippen LogP contribution >= 0.6 is 0 Å². The molecule has 116 valence electrons. The highest BCUT2D eigenvalue weighted by Gasteiger charge is 2.15. The van der Waals surface area contributed by atoms with E-state index < -0.39 is 0 Å². The summed E-state index contributed by atoms with van der Waals surface area (Å²) in [5.41, 5.74) is 2.08. The van der Waals surface area contributed by atoms with Gasteiger partial charge in [0.15, 0.2) is 0 Å². The van der Waals surface area contributed by atoms with Crippen LogP contribution in [0.5, 0.6) is 0 Å². The van der Waals surface area contributed by atoms with E-state index in [4.69, 9.17) is 4.98 Å². The van der Waals surface area contributed by atoms with Crippen LogP contribution in [0, 0.1) is 0 Å². The van der Waals surface area contributed by atoms with Gasteiger partial charge < -0.3 is 10.6 Å². The maximum absolute atomic E-state index is 4.72. The molecule has 1 aromatic heterocycles. The second-order valence-electron chi connectivity index (χ2n) is 5.84. The quantitative estimate of drug-likeness (QED) is 0.862. The molecule has 0 bridgehead atoms. The van der Waals surface area contributed by atoms with Crippen LogP contribution in [0.2, 0.25) is 0 Å². The minimum atomic E-state index is 0.509. The summed E-state index contributed by atoms with van der Waals surface area (Å²) in [5, 5.41) is 6.83. The third kappa shape index (κ3) is 3.75. The predicted molar refractivity (Wildman–Crippen MR) is 92.1 cm³/mol. The Bertz CT molecular complexity index is 591. The number of anilines is 2. The summed E-state index contributed by atoms with van der Waals surface area (Å²) in [5.74, 6) is 1.62. The van der Waals surface area contributed by atoms with Crippen molar-refractivity contribution in [2.75, 3.05) is 17.2 Å². The van der Waals surface area contributed by atoms with Crippen molar-refractivity contribution in [3.63, 3.8) is 0 Å². The molecule has 0 saturated heterocycles. The molecule has 4 nitrogen and oxygen atoms in total. The third-order valence-corrected chi connectivity index (χ3v) is 4.09. The molecule has 0 radical (unpaired) electrons. The van der Waals surface area contributed by atoms with Crippen molar-refractivity contribution in [2.24, 2.45) is 0 Å². The van der Waals surface area contributed by atoms with E-state index in [-0.39, 0.29) is 0 Å². The number of benzene rings is 1. The normalized spacial score (nSPS) is 15.5. The van der Waals surface area contributed by atoms with E-state index in [9.17, 15) is 0 Å². The van der Waals surface area contributed by atoms with Crippen molar-refractivity contribution >= 4 is 11.8 Å². The molecule has 1 fully saturated rings. The number of aromatic nitrogens is 2. The molecule has 1 saturated carbocycles. The smallest absolute Gasteiger partial charge is 0.225 e. The first kappa shape index (κ1) is 14.8. The van der Waals surface area contributed by atoms with Crippen LogP contribution in [0.3, 0.4) is 0 Å². The predicted octanol–water partition coefficient (Wildman–Crippen LogP) is 4.32. The largest absolute Gasteiger partial charge is 0.370 e. The Morgan fingerprint density at radius 3 is 2.55 bits per heavy atom. The van der Waals surface area contributed by atoms with Crippen molar-refractivity contribution < 1.29 is 0 Å². The highest BCUT2D eigenvalue weighted by Crippen LogP contribution is 2.24. The van der Waals surface area contributed by atoms with Crippen LogP contribution < -0.4 is 10.6 Å². The molecule has 0 spiro atoms. The Morgan fingerprint density at radius 2 is 1.82 bits per heavy atom. The average Bonchev–Trinajstić information content (AvgIpc) is 2.57. The molecule has 2 aromatic rings. The highest BCUT2D eigenvalue weighted by atomic mass is 15.2. The van der Waals surface area contributed by atoms with E-state index in [1.54, 1.807) is 0 Å². The summed E-state index contributed by atoms with van der Waals surface area (Å²) in [4.78, 5) is 9.33. The number of hydrogen-bond acceptors (Lipinski definition) is 4. The van der Waals surface area contributed by atoms with Gasteiger partial charge in [-0.2, -0.15) is 4.98 Å². The van der Waals surface area contributed by atoms with Crippen LogP contribution in [0.15, 0.2) is 36.4 Å². The van der Waals surface area contributed by atoms with Crippen molar-refractivity contribution in [2.45, 2.75) is 45.1 Å². The van der Waals surface area contributed by atoms with Gasteiger partial charge in [0.25, 0.3) is 0 Å². The fraction of sp³-hybridized carbons (Fsp3) is 0.444. The van der Waals surface area contributed by atoms with Gasteiger partial charge in [0.05, 0.1) is 5.69 Å². The Balaban J connectivity index is 1.86. The van der Waals surface area contributed by atoms with Crippen LogP contribution in [-0.4, -0.2) is 22.6 Å². The Kier molecular flexibility index (Phi) is 4.88. The SMILES string of the molecule is CCNc1cc(-c2ccccc2)nc(NC2CCCCC2)n1. The summed E-state index contributed by atoms with van der Waals surface area (Å²) < 4.78 is 0. The topological polar surface area (TPSA) is 49.8 Å². The lowest BCUT2D eigenvalue weighted by Crippen LogP contribution is -2.23. The van der Waals surface area contributed by atoms with E-state index in [0.717, 1.165) is 29.6 Å². The zero-order chi connectivity index (χ0) is 15.2. The molecule has 0 unspecified atom stereocenters. The minimum absolute atomic E-state index is 0.509. The molecule has 2 N–H and O–H groups in total. The molecule has 4 heteroatoms. The van der Waals surface area contributed by atoms with Gasteiger partial charge in [-0.15, -0.1) is 0 Å². The summed E-state index contributed by atoms with van der Waals surface area (Å²) >= 11 is 0. The first-order chi connectivity index (χ1) is 10.8. The van der Waals surface area contributed by atoms with Crippen LogP contribution in [0.25, 0.3) is 11.3 Å². The summed E-state index contributed by atoms with van der Waals surface area (Å²) in [6.45, 7) is 2.94. The molecule has 0 atom stereocenters. The van der Waals surface area contributed by atoms with Gasteiger partial charge in [-0.25, -0.2) is 4.98 Å². The molecule has 1 heterocycles. The van der Waals surface area contributed by atoms with Gasteiger partial charge in [0, 0.05) is 24.2 Å². The van der Waals surface area contributed by atoms with Gasteiger partial charge in [-0.3, -0.25) is 0 Å². The van der Waals surface area contributed by atoms with Gasteiger partial charge in [0.1, 0.15) is 5.82 Å². The Hall–Kier alpha value is -2.10. The maximum atomic E-state index is 4.72. The van der Waals surface area contributed by atoms with E-state index in [1.165, 1.54) is 32.1 Å². The van der Waals surface area contributed by atoms with E-state index in [2.05, 4.69) is 34.7 Å². The molecule has 0 amide bonds. The number of rotatable bonds is 5. The zero-order valence-corrected chi connectivity index (χ0v) is 13.2. The van der Waals surface area contributed by atoms with Crippen molar-refractivity contribution in [3.05, 3.63) is 36.4 Å². The lowest BCUT2D eigenvalue weighted by atomic mass is 9.96. The molecule has 1 aliphatic carbocycles. The van der Waals surface area contributed by atoms with E-state index >= 15 is 0 Å². The number of nitrogens with one attached hydrogen (secondary N) is 2. The molecule has 3 rings (SSSR count). The van der Waals surface area contributed by atoms with Gasteiger partial charge in [-0.1, -0.05) is 49.6 Å².